The van der Waals surface area contributed by atoms with Gasteiger partial charge in [-0.15, -0.1) is 0 Å². The first-order valence-corrected chi connectivity index (χ1v) is 16.5. The van der Waals surface area contributed by atoms with Crippen LogP contribution >= 0.6 is 0 Å². The van der Waals surface area contributed by atoms with Crippen LogP contribution in [-0.2, 0) is 11.2 Å². The van der Waals surface area contributed by atoms with E-state index in [9.17, 15) is 10.2 Å². The molecule has 10 rings (SSSR count). The van der Waals surface area contributed by atoms with Gasteiger partial charge in [-0.25, -0.2) is 0 Å². The molecule has 0 fully saturated rings. The summed E-state index contributed by atoms with van der Waals surface area (Å²) in [5.74, 6) is 0. The second kappa shape index (κ2) is 9.85. The highest BCUT2D eigenvalue weighted by Gasteiger charge is 2.48. The maximum Gasteiger partial charge on any atom is 0.142 e. The Morgan fingerprint density at radius 2 is 0.562 bits per heavy atom. The lowest BCUT2D eigenvalue weighted by Gasteiger charge is -2.34. The van der Waals surface area contributed by atoms with E-state index in [0.29, 0.717) is 0 Å². The van der Waals surface area contributed by atoms with Crippen molar-refractivity contribution in [2.45, 2.75) is 11.2 Å². The minimum absolute atomic E-state index is 0.791. The van der Waals surface area contributed by atoms with Gasteiger partial charge in [-0.3, -0.25) is 0 Å². The van der Waals surface area contributed by atoms with Gasteiger partial charge in [0.25, 0.3) is 0 Å². The van der Waals surface area contributed by atoms with E-state index >= 15 is 0 Å². The largest absolute Gasteiger partial charge is 0.376 e. The lowest BCUT2D eigenvalue weighted by atomic mass is 9.73. The predicted molar refractivity (Wildman–Crippen MR) is 195 cm³/mol. The van der Waals surface area contributed by atoms with E-state index in [-0.39, 0.29) is 0 Å². The minimum Gasteiger partial charge on any atom is -0.376 e. The SMILES string of the molecule is OC1(c2ccc3ccccc3c2-c2c(C3(O)c4ccccc4-c4ccccc43)ccc3ccccc23)c2ccccc2-c2ccccc21. The summed E-state index contributed by atoms with van der Waals surface area (Å²) in [4.78, 5) is 0. The Bertz CT molecular complexity index is 2340. The van der Waals surface area contributed by atoms with Gasteiger partial charge in [-0.2, -0.15) is 0 Å². The van der Waals surface area contributed by atoms with Crippen LogP contribution in [0.15, 0.2) is 170 Å². The monoisotopic (exact) mass is 614 g/mol. The molecule has 8 aromatic carbocycles. The smallest absolute Gasteiger partial charge is 0.142 e. The van der Waals surface area contributed by atoms with Gasteiger partial charge in [-0.05, 0) is 54.9 Å². The van der Waals surface area contributed by atoms with E-state index in [2.05, 4.69) is 121 Å². The number of aliphatic hydroxyl groups is 2. The summed E-state index contributed by atoms with van der Waals surface area (Å²) < 4.78 is 0. The molecule has 8 aromatic rings. The van der Waals surface area contributed by atoms with Gasteiger partial charge >= 0.3 is 0 Å². The standard InChI is InChI=1S/C46H30O2/c47-45(37-21-9-5-17-33(37)34-18-6-10-22-38(34)45)41-27-25-29-13-1-3-15-31(29)43(41)44-32-16-4-2-14-30(32)26-28-42(44)46(48)39-23-11-7-19-35(39)36-20-8-12-24-40(36)46/h1-28,47-48H. The van der Waals surface area contributed by atoms with Crippen LogP contribution in [0.2, 0.25) is 0 Å². The summed E-state index contributed by atoms with van der Waals surface area (Å²) in [6, 6.07) is 58.0. The quantitative estimate of drug-likeness (QED) is 0.208. The summed E-state index contributed by atoms with van der Waals surface area (Å²) >= 11 is 0. The molecule has 2 nitrogen and oxygen atoms in total. The van der Waals surface area contributed by atoms with Crippen molar-refractivity contribution in [1.29, 1.82) is 0 Å². The van der Waals surface area contributed by atoms with Crippen molar-refractivity contribution in [2.24, 2.45) is 0 Å². The molecule has 0 saturated carbocycles. The molecule has 0 unspecified atom stereocenters. The summed E-state index contributed by atoms with van der Waals surface area (Å²) in [5.41, 5.74) is 8.13. The second-order valence-corrected chi connectivity index (χ2v) is 13.0. The summed E-state index contributed by atoms with van der Waals surface area (Å²) in [7, 11) is 0. The lowest BCUT2D eigenvalue weighted by Crippen LogP contribution is -2.29. The van der Waals surface area contributed by atoms with E-state index in [1.165, 1.54) is 0 Å². The second-order valence-electron chi connectivity index (χ2n) is 13.0. The molecule has 0 heterocycles. The van der Waals surface area contributed by atoms with Crippen molar-refractivity contribution in [3.8, 4) is 33.4 Å². The molecule has 2 N–H and O–H groups in total. The molecule has 0 bridgehead atoms. The van der Waals surface area contributed by atoms with Gasteiger partial charge in [0.1, 0.15) is 11.2 Å². The number of fused-ring (bicyclic) bond motifs is 8. The molecule has 0 aromatic heterocycles. The maximum absolute atomic E-state index is 13.4. The Hall–Kier alpha value is -5.80. The van der Waals surface area contributed by atoms with Gasteiger partial charge in [0.15, 0.2) is 0 Å². The van der Waals surface area contributed by atoms with Crippen molar-refractivity contribution in [3.63, 3.8) is 0 Å². The van der Waals surface area contributed by atoms with Crippen molar-refractivity contribution in [2.75, 3.05) is 0 Å². The molecule has 0 aliphatic heterocycles. The molecule has 48 heavy (non-hydrogen) atoms. The van der Waals surface area contributed by atoms with Crippen LogP contribution in [0.5, 0.6) is 0 Å². The fourth-order valence-corrected chi connectivity index (χ4v) is 8.69. The molecule has 2 aliphatic carbocycles. The number of hydrogen-bond acceptors (Lipinski definition) is 2. The molecule has 226 valence electrons. The first-order chi connectivity index (χ1) is 23.6. The third-order valence-electron chi connectivity index (χ3n) is 10.7. The van der Waals surface area contributed by atoms with Crippen LogP contribution in [0.3, 0.4) is 0 Å². The summed E-state index contributed by atoms with van der Waals surface area (Å²) in [6.45, 7) is 0. The number of benzene rings is 8. The summed E-state index contributed by atoms with van der Waals surface area (Å²) in [5, 5.41) is 31.0. The van der Waals surface area contributed by atoms with Gasteiger partial charge in [0, 0.05) is 33.4 Å². The average molecular weight is 615 g/mol. The molecule has 2 aliphatic rings. The van der Waals surface area contributed by atoms with Crippen LogP contribution in [0.25, 0.3) is 54.9 Å². The third kappa shape index (κ3) is 3.43. The Morgan fingerprint density at radius 3 is 0.917 bits per heavy atom. The zero-order valence-corrected chi connectivity index (χ0v) is 26.1. The van der Waals surface area contributed by atoms with Crippen LogP contribution < -0.4 is 0 Å². The van der Waals surface area contributed by atoms with Crippen molar-refractivity contribution < 1.29 is 10.2 Å². The van der Waals surface area contributed by atoms with Gasteiger partial charge in [-0.1, -0.05) is 170 Å². The van der Waals surface area contributed by atoms with Crippen LogP contribution in [0.4, 0.5) is 0 Å². The molecule has 2 heteroatoms. The predicted octanol–water partition coefficient (Wildman–Crippen LogP) is 10.2. The molecule has 0 amide bonds. The van der Waals surface area contributed by atoms with Gasteiger partial charge in [0.05, 0.1) is 0 Å². The van der Waals surface area contributed by atoms with Crippen LogP contribution in [0, 0.1) is 0 Å². The fraction of sp³-hybridized carbons (Fsp3) is 0.0435. The van der Waals surface area contributed by atoms with E-state index in [0.717, 1.165) is 88.3 Å². The number of hydrogen-bond donors (Lipinski definition) is 2. The molecule has 0 radical (unpaired) electrons. The first kappa shape index (κ1) is 27.3. The molecule has 0 atom stereocenters. The Labute approximate surface area is 278 Å². The molecule has 0 spiro atoms. The zero-order valence-electron chi connectivity index (χ0n) is 26.1. The van der Waals surface area contributed by atoms with Crippen molar-refractivity contribution in [1.82, 2.24) is 0 Å². The average Bonchev–Trinajstić information content (AvgIpc) is 3.57. The van der Waals surface area contributed by atoms with Crippen molar-refractivity contribution >= 4 is 21.5 Å². The Morgan fingerprint density at radius 1 is 0.271 bits per heavy atom. The van der Waals surface area contributed by atoms with Crippen LogP contribution in [-0.4, -0.2) is 10.2 Å². The molecule has 0 saturated heterocycles. The first-order valence-electron chi connectivity index (χ1n) is 16.5. The van der Waals surface area contributed by atoms with E-state index < -0.39 is 11.2 Å². The van der Waals surface area contributed by atoms with E-state index in [1.807, 2.05) is 48.5 Å². The maximum atomic E-state index is 13.4. The van der Waals surface area contributed by atoms with Gasteiger partial charge < -0.3 is 10.2 Å². The van der Waals surface area contributed by atoms with E-state index in [4.69, 9.17) is 0 Å². The topological polar surface area (TPSA) is 40.5 Å². The van der Waals surface area contributed by atoms with Crippen molar-refractivity contribution in [3.05, 3.63) is 203 Å². The minimum atomic E-state index is -1.44. The highest BCUT2D eigenvalue weighted by Crippen LogP contribution is 2.58. The fourth-order valence-electron chi connectivity index (χ4n) is 8.69. The Kier molecular flexibility index (Phi) is 5.61. The van der Waals surface area contributed by atoms with Crippen LogP contribution in [0.1, 0.15) is 33.4 Å². The third-order valence-corrected chi connectivity index (χ3v) is 10.7. The number of rotatable bonds is 3. The van der Waals surface area contributed by atoms with Gasteiger partial charge in [0.2, 0.25) is 0 Å². The highest BCUT2D eigenvalue weighted by atomic mass is 16.3. The zero-order chi connectivity index (χ0) is 32.0. The highest BCUT2D eigenvalue weighted by molar-refractivity contribution is 6.09. The molecular weight excluding hydrogens is 585 g/mol. The van der Waals surface area contributed by atoms with E-state index in [1.54, 1.807) is 0 Å². The normalized spacial score (nSPS) is 14.8. The summed E-state index contributed by atoms with van der Waals surface area (Å²) in [6.07, 6.45) is 0. The molecular formula is C46H30O2. The Balaban J connectivity index is 1.40. The lowest BCUT2D eigenvalue weighted by molar-refractivity contribution is 0.129.